The lowest BCUT2D eigenvalue weighted by molar-refractivity contribution is -0.159. The van der Waals surface area contributed by atoms with E-state index in [4.69, 9.17) is 4.74 Å². The minimum Gasteiger partial charge on any atom is -0.480 e. The first kappa shape index (κ1) is 12.8. The molecule has 2 fully saturated rings. The maximum absolute atomic E-state index is 11.2. The molecule has 0 aromatic rings. The molecule has 1 saturated carbocycles. The van der Waals surface area contributed by atoms with Gasteiger partial charge in [-0.15, -0.1) is 0 Å². The van der Waals surface area contributed by atoms with E-state index >= 15 is 0 Å². The number of carboxylic acid groups (broad SMARTS) is 1. The number of ether oxygens (including phenoxy) is 1. The highest BCUT2D eigenvalue weighted by Gasteiger charge is 2.44. The maximum atomic E-state index is 11.2. The third kappa shape index (κ3) is 2.47. The molecule has 1 aliphatic carbocycles. The lowest BCUT2D eigenvalue weighted by Gasteiger charge is -2.49. The van der Waals surface area contributed by atoms with Gasteiger partial charge in [0.15, 0.2) is 0 Å². The highest BCUT2D eigenvalue weighted by atomic mass is 16.5. The first-order chi connectivity index (χ1) is 8.08. The van der Waals surface area contributed by atoms with Crippen LogP contribution in [0.4, 0.5) is 0 Å². The molecule has 98 valence electrons. The molecule has 1 spiro atoms. The van der Waals surface area contributed by atoms with Crippen LogP contribution < -0.4 is 0 Å². The summed E-state index contributed by atoms with van der Waals surface area (Å²) in [6, 6.07) is 0.0142. The molecule has 2 unspecified atom stereocenters. The van der Waals surface area contributed by atoms with Crippen LogP contribution >= 0.6 is 0 Å². The first-order valence-corrected chi connectivity index (χ1v) is 6.67. The average molecular weight is 241 g/mol. The summed E-state index contributed by atoms with van der Waals surface area (Å²) < 4.78 is 5.88. The maximum Gasteiger partial charge on any atom is 0.320 e. The Balaban J connectivity index is 1.98. The molecule has 2 aliphatic rings. The predicted molar refractivity (Wildman–Crippen MR) is 65.0 cm³/mol. The van der Waals surface area contributed by atoms with Gasteiger partial charge in [-0.25, -0.2) is 0 Å². The van der Waals surface area contributed by atoms with E-state index in [0.717, 1.165) is 32.3 Å². The van der Waals surface area contributed by atoms with Crippen LogP contribution in [0.5, 0.6) is 0 Å². The molecule has 0 aromatic carbocycles. The van der Waals surface area contributed by atoms with Gasteiger partial charge in [-0.3, -0.25) is 9.69 Å². The van der Waals surface area contributed by atoms with Crippen molar-refractivity contribution in [2.45, 2.75) is 63.1 Å². The van der Waals surface area contributed by atoms with E-state index in [9.17, 15) is 9.90 Å². The van der Waals surface area contributed by atoms with Crippen LogP contribution in [0.3, 0.4) is 0 Å². The van der Waals surface area contributed by atoms with Gasteiger partial charge in [-0.2, -0.15) is 0 Å². The molecule has 4 heteroatoms. The summed E-state index contributed by atoms with van der Waals surface area (Å²) in [6.45, 7) is 2.72. The number of nitrogens with zero attached hydrogens (tertiary/aromatic N) is 1. The van der Waals surface area contributed by atoms with Gasteiger partial charge >= 0.3 is 5.97 Å². The van der Waals surface area contributed by atoms with E-state index in [0.29, 0.717) is 12.5 Å². The molecule has 2 atom stereocenters. The van der Waals surface area contributed by atoms with Gasteiger partial charge in [0.05, 0.1) is 5.60 Å². The second kappa shape index (κ2) is 4.94. The van der Waals surface area contributed by atoms with Gasteiger partial charge in [-0.1, -0.05) is 6.92 Å². The molecule has 0 amide bonds. The SMILES string of the molecule is CCC(C(=O)O)N(C)C1CCOC2(CCC2)C1. The van der Waals surface area contributed by atoms with Crippen molar-refractivity contribution >= 4 is 5.97 Å². The zero-order chi connectivity index (χ0) is 12.5. The molecule has 0 bridgehead atoms. The van der Waals surface area contributed by atoms with E-state index in [-0.39, 0.29) is 11.6 Å². The zero-order valence-corrected chi connectivity index (χ0v) is 10.8. The highest BCUT2D eigenvalue weighted by molar-refractivity contribution is 5.73. The van der Waals surface area contributed by atoms with Gasteiger partial charge in [-0.05, 0) is 45.6 Å². The Morgan fingerprint density at radius 3 is 2.76 bits per heavy atom. The summed E-state index contributed by atoms with van der Waals surface area (Å²) in [5.74, 6) is -0.704. The molecule has 0 aromatic heterocycles. The standard InChI is InChI=1S/C13H23NO3/c1-3-11(12(15)16)14(2)10-5-8-17-13(9-10)6-4-7-13/h10-11H,3-9H2,1-2H3,(H,15,16). The third-order valence-corrected chi connectivity index (χ3v) is 4.47. The van der Waals surface area contributed by atoms with Gasteiger partial charge in [0.25, 0.3) is 0 Å². The summed E-state index contributed by atoms with van der Waals surface area (Å²) >= 11 is 0. The molecule has 1 aliphatic heterocycles. The Hall–Kier alpha value is -0.610. The van der Waals surface area contributed by atoms with Crippen molar-refractivity contribution in [1.29, 1.82) is 0 Å². The second-order valence-electron chi connectivity index (χ2n) is 5.46. The smallest absolute Gasteiger partial charge is 0.320 e. The number of hydrogen-bond acceptors (Lipinski definition) is 3. The van der Waals surface area contributed by atoms with Gasteiger partial charge < -0.3 is 9.84 Å². The van der Waals surface area contributed by atoms with Crippen molar-refractivity contribution < 1.29 is 14.6 Å². The Kier molecular flexibility index (Phi) is 3.73. The number of aliphatic carboxylic acids is 1. The molecule has 4 nitrogen and oxygen atoms in total. The van der Waals surface area contributed by atoms with Crippen LogP contribution in [0.2, 0.25) is 0 Å². The molecule has 1 saturated heterocycles. The zero-order valence-electron chi connectivity index (χ0n) is 10.8. The van der Waals surface area contributed by atoms with Crippen molar-refractivity contribution in [2.75, 3.05) is 13.7 Å². The Bertz CT molecular complexity index is 288. The minimum atomic E-state index is -0.704. The van der Waals surface area contributed by atoms with Crippen molar-refractivity contribution in [3.63, 3.8) is 0 Å². The fraction of sp³-hybridized carbons (Fsp3) is 0.923. The topological polar surface area (TPSA) is 49.8 Å². The van der Waals surface area contributed by atoms with E-state index in [1.807, 2.05) is 18.9 Å². The Morgan fingerprint density at radius 2 is 2.29 bits per heavy atom. The van der Waals surface area contributed by atoms with Crippen molar-refractivity contribution in [3.8, 4) is 0 Å². The lowest BCUT2D eigenvalue weighted by atomic mass is 9.73. The predicted octanol–water partition coefficient (Wildman–Crippen LogP) is 1.88. The summed E-state index contributed by atoms with van der Waals surface area (Å²) in [4.78, 5) is 13.2. The van der Waals surface area contributed by atoms with E-state index < -0.39 is 5.97 Å². The van der Waals surface area contributed by atoms with E-state index in [1.165, 1.54) is 6.42 Å². The normalized spacial score (nSPS) is 29.0. The van der Waals surface area contributed by atoms with Crippen LogP contribution in [0.25, 0.3) is 0 Å². The molecule has 1 heterocycles. The third-order valence-electron chi connectivity index (χ3n) is 4.47. The Morgan fingerprint density at radius 1 is 1.59 bits per heavy atom. The van der Waals surface area contributed by atoms with Gasteiger partial charge in [0.1, 0.15) is 6.04 Å². The van der Waals surface area contributed by atoms with Crippen LogP contribution in [-0.2, 0) is 9.53 Å². The van der Waals surface area contributed by atoms with Crippen LogP contribution in [0.15, 0.2) is 0 Å². The van der Waals surface area contributed by atoms with Gasteiger partial charge in [0, 0.05) is 12.6 Å². The fourth-order valence-electron chi connectivity index (χ4n) is 3.16. The summed E-state index contributed by atoms with van der Waals surface area (Å²) in [6.07, 6.45) is 6.19. The summed E-state index contributed by atoms with van der Waals surface area (Å²) in [7, 11) is 1.95. The molecule has 2 rings (SSSR count). The summed E-state index contributed by atoms with van der Waals surface area (Å²) in [5, 5.41) is 9.20. The molecule has 1 N–H and O–H groups in total. The van der Waals surface area contributed by atoms with Crippen LogP contribution in [-0.4, -0.2) is 47.3 Å². The molecule has 17 heavy (non-hydrogen) atoms. The van der Waals surface area contributed by atoms with E-state index in [2.05, 4.69) is 0 Å². The number of carbonyl (C=O) groups is 1. The van der Waals surface area contributed by atoms with Crippen LogP contribution in [0.1, 0.15) is 45.4 Å². The Labute approximate surface area is 103 Å². The first-order valence-electron chi connectivity index (χ1n) is 6.67. The minimum absolute atomic E-state index is 0.0912. The quantitative estimate of drug-likeness (QED) is 0.816. The number of carboxylic acids is 1. The molecular formula is C13H23NO3. The number of hydrogen-bond donors (Lipinski definition) is 1. The van der Waals surface area contributed by atoms with Crippen molar-refractivity contribution in [1.82, 2.24) is 4.90 Å². The monoisotopic (exact) mass is 241 g/mol. The number of likely N-dealkylation sites (N-methyl/N-ethyl adjacent to an activating group) is 1. The molecule has 0 radical (unpaired) electrons. The fourth-order valence-corrected chi connectivity index (χ4v) is 3.16. The number of rotatable bonds is 4. The second-order valence-corrected chi connectivity index (χ2v) is 5.46. The largest absolute Gasteiger partial charge is 0.480 e. The highest BCUT2D eigenvalue weighted by Crippen LogP contribution is 2.43. The van der Waals surface area contributed by atoms with Crippen molar-refractivity contribution in [3.05, 3.63) is 0 Å². The summed E-state index contributed by atoms with van der Waals surface area (Å²) in [5.41, 5.74) is 0.0912. The molecular weight excluding hydrogens is 218 g/mol. The lowest BCUT2D eigenvalue weighted by Crippen LogP contribution is -2.54. The van der Waals surface area contributed by atoms with Gasteiger partial charge in [0.2, 0.25) is 0 Å². The average Bonchev–Trinajstić information content (AvgIpc) is 2.27. The van der Waals surface area contributed by atoms with E-state index in [1.54, 1.807) is 0 Å². The van der Waals surface area contributed by atoms with Crippen LogP contribution in [0, 0.1) is 0 Å². The van der Waals surface area contributed by atoms with Crippen molar-refractivity contribution in [2.24, 2.45) is 0 Å².